The zero-order valence-electron chi connectivity index (χ0n) is 26.9. The highest BCUT2D eigenvalue weighted by molar-refractivity contribution is 5.97. The number of rotatable bonds is 8. The number of hydrogen-bond acceptors (Lipinski definition) is 11. The quantitative estimate of drug-likeness (QED) is 0.181. The van der Waals surface area contributed by atoms with Crippen molar-refractivity contribution in [1.82, 2.24) is 4.90 Å². The molecule has 2 aliphatic carbocycles. The number of carbonyl (C=O) groups excluding carboxylic acids is 5. The molecule has 3 aliphatic heterocycles. The summed E-state index contributed by atoms with van der Waals surface area (Å²) in [6.45, 7) is 14.5. The molecule has 5 aliphatic rings. The van der Waals surface area contributed by atoms with Crippen LogP contribution in [0.5, 0.6) is 0 Å². The van der Waals surface area contributed by atoms with Crippen LogP contribution in [-0.2, 0) is 47.7 Å². The van der Waals surface area contributed by atoms with Gasteiger partial charge in [-0.1, -0.05) is 32.6 Å². The number of nitrogens with zero attached hydrogens (tertiary/aromatic N) is 1. The third-order valence-electron chi connectivity index (χ3n) is 11.0. The van der Waals surface area contributed by atoms with E-state index in [4.69, 9.17) is 23.7 Å². The Labute approximate surface area is 262 Å². The summed E-state index contributed by atoms with van der Waals surface area (Å²) < 4.78 is 29.6. The lowest BCUT2D eigenvalue weighted by Gasteiger charge is -2.58. The van der Waals surface area contributed by atoms with E-state index in [0.717, 1.165) is 0 Å². The molecule has 45 heavy (non-hydrogen) atoms. The lowest BCUT2D eigenvalue weighted by atomic mass is 9.48. The van der Waals surface area contributed by atoms with Gasteiger partial charge in [0.15, 0.2) is 0 Å². The second-order valence-corrected chi connectivity index (χ2v) is 13.7. The molecule has 3 heterocycles. The average molecular weight is 630 g/mol. The van der Waals surface area contributed by atoms with Gasteiger partial charge in [-0.3, -0.25) is 19.2 Å². The van der Waals surface area contributed by atoms with E-state index in [9.17, 15) is 29.1 Å². The molecule has 1 saturated heterocycles. The van der Waals surface area contributed by atoms with E-state index in [2.05, 4.69) is 6.58 Å². The van der Waals surface area contributed by atoms with E-state index < -0.39 is 75.9 Å². The van der Waals surface area contributed by atoms with E-state index in [1.807, 2.05) is 19.9 Å². The topological polar surface area (TPSA) is 158 Å². The van der Waals surface area contributed by atoms with Crippen molar-refractivity contribution in [1.29, 1.82) is 0 Å². The molecule has 0 radical (unpaired) electrons. The molecule has 0 unspecified atom stereocenters. The molecule has 12 nitrogen and oxygen atoms in total. The summed E-state index contributed by atoms with van der Waals surface area (Å²) in [6, 6.07) is 0. The van der Waals surface area contributed by atoms with Gasteiger partial charge in [-0.25, -0.2) is 4.79 Å². The minimum Gasteiger partial charge on any atom is -0.469 e. The normalized spacial score (nSPS) is 39.7. The fourth-order valence-electron chi connectivity index (χ4n) is 9.13. The van der Waals surface area contributed by atoms with Crippen LogP contribution < -0.4 is 0 Å². The Morgan fingerprint density at radius 3 is 2.38 bits per heavy atom. The summed E-state index contributed by atoms with van der Waals surface area (Å²) in [5.74, 6) is -4.62. The molecule has 5 rings (SSSR count). The minimum absolute atomic E-state index is 0.147. The van der Waals surface area contributed by atoms with Crippen molar-refractivity contribution in [3.63, 3.8) is 0 Å². The number of aliphatic hydroxyl groups excluding tert-OH is 1. The fourth-order valence-corrected chi connectivity index (χ4v) is 9.13. The molecule has 0 bridgehead atoms. The zero-order chi connectivity index (χ0) is 33.3. The van der Waals surface area contributed by atoms with E-state index in [1.54, 1.807) is 24.8 Å². The first-order chi connectivity index (χ1) is 21.0. The Bertz CT molecular complexity index is 1400. The van der Waals surface area contributed by atoms with Gasteiger partial charge in [0.25, 0.3) is 0 Å². The van der Waals surface area contributed by atoms with Gasteiger partial charge in [0, 0.05) is 61.8 Å². The number of allylic oxidation sites excluding steroid dienone is 1. The summed E-state index contributed by atoms with van der Waals surface area (Å²) in [5.41, 5.74) is -3.45. The molecule has 0 aromatic rings. The minimum atomic E-state index is -1.20. The number of cyclic esters (lactones) is 1. The Kier molecular flexibility index (Phi) is 8.09. The number of carbonyl (C=O) groups is 5. The molecule has 12 heteroatoms. The number of hydrogen-bond donors (Lipinski definition) is 1. The molecule has 2 saturated carbocycles. The maximum atomic E-state index is 13.6. The molecule has 1 spiro atoms. The number of esters is 4. The molecule has 9 atom stereocenters. The van der Waals surface area contributed by atoms with Gasteiger partial charge in [0.2, 0.25) is 5.91 Å². The number of amides is 1. The number of ether oxygens (including phenoxy) is 5. The Morgan fingerprint density at radius 1 is 1.11 bits per heavy atom. The molecule has 0 aromatic carbocycles. The van der Waals surface area contributed by atoms with Crippen molar-refractivity contribution in [2.45, 2.75) is 83.9 Å². The number of epoxide rings is 1. The van der Waals surface area contributed by atoms with E-state index in [0.29, 0.717) is 24.1 Å². The Hall–Kier alpha value is -3.51. The zero-order valence-corrected chi connectivity index (χ0v) is 26.9. The van der Waals surface area contributed by atoms with Gasteiger partial charge in [-0.2, -0.15) is 0 Å². The van der Waals surface area contributed by atoms with Gasteiger partial charge in [0.1, 0.15) is 23.4 Å². The predicted molar refractivity (Wildman–Crippen MR) is 157 cm³/mol. The van der Waals surface area contributed by atoms with Crippen LogP contribution in [0.25, 0.3) is 0 Å². The Balaban J connectivity index is 1.71. The van der Waals surface area contributed by atoms with Crippen molar-refractivity contribution in [3.8, 4) is 0 Å². The van der Waals surface area contributed by atoms with Crippen LogP contribution in [0.1, 0.15) is 54.4 Å². The van der Waals surface area contributed by atoms with Gasteiger partial charge < -0.3 is 33.7 Å². The van der Waals surface area contributed by atoms with Gasteiger partial charge in [0.05, 0.1) is 31.7 Å². The second kappa shape index (κ2) is 11.1. The molecule has 3 fully saturated rings. The van der Waals surface area contributed by atoms with Crippen molar-refractivity contribution in [3.05, 3.63) is 36.0 Å². The molecule has 0 aromatic heterocycles. The average Bonchev–Trinajstić information content (AvgIpc) is 3.51. The maximum Gasteiger partial charge on any atom is 0.330 e. The van der Waals surface area contributed by atoms with Crippen LogP contribution in [-0.4, -0.2) is 96.1 Å². The summed E-state index contributed by atoms with van der Waals surface area (Å²) in [5, 5.41) is 9.50. The van der Waals surface area contributed by atoms with Crippen molar-refractivity contribution < 1.29 is 52.8 Å². The summed E-state index contributed by atoms with van der Waals surface area (Å²) in [4.78, 5) is 66.4. The second-order valence-electron chi connectivity index (χ2n) is 13.7. The molecule has 1 N–H and O–H groups in total. The molecular weight excluding hydrogens is 586 g/mol. The standard InChI is InChI=1S/C33H43NO11/c1-17-26(31(6)11-9-24(38)45-30(4,5)22(31)16-25(39)41-8)27(42-18(2)36)28(43-19(3)37)32(7)21(15-23-33(17,32)44-23)20-10-12-34(13-14-35)29(20)40/h9-11,21-23,26-28,35H,1,12-16H2,2-8H3/t21-,22-,23+,26+,27+,28-,31-,32+,33+/m0/s1. The lowest BCUT2D eigenvalue weighted by molar-refractivity contribution is -0.211. The van der Waals surface area contributed by atoms with Gasteiger partial charge in [-0.05, 0) is 25.8 Å². The predicted octanol–water partition coefficient (Wildman–Crippen LogP) is 2.04. The van der Waals surface area contributed by atoms with Crippen LogP contribution >= 0.6 is 0 Å². The molecule has 246 valence electrons. The summed E-state index contributed by atoms with van der Waals surface area (Å²) in [6.07, 6.45) is 2.41. The third-order valence-corrected chi connectivity index (χ3v) is 11.0. The van der Waals surface area contributed by atoms with Crippen LogP contribution in [0.4, 0.5) is 0 Å². The highest BCUT2D eigenvalue weighted by Crippen LogP contribution is 2.75. The first kappa shape index (κ1) is 32.9. The highest BCUT2D eigenvalue weighted by atomic mass is 16.6. The Morgan fingerprint density at radius 2 is 1.78 bits per heavy atom. The van der Waals surface area contributed by atoms with E-state index in [-0.39, 0.29) is 31.6 Å². The van der Waals surface area contributed by atoms with E-state index in [1.165, 1.54) is 27.0 Å². The smallest absolute Gasteiger partial charge is 0.330 e. The van der Waals surface area contributed by atoms with Crippen LogP contribution in [0.2, 0.25) is 0 Å². The number of β-amino-alcohol motifs (C(OH)–C–C–N with tert-alkyl or cyclic N) is 1. The first-order valence-corrected chi connectivity index (χ1v) is 15.3. The number of aliphatic hydroxyl groups is 1. The first-order valence-electron chi connectivity index (χ1n) is 15.3. The molecular formula is C33H43NO11. The fraction of sp³-hybridized carbons (Fsp3) is 0.667. The molecule has 1 amide bonds. The monoisotopic (exact) mass is 629 g/mol. The van der Waals surface area contributed by atoms with Crippen molar-refractivity contribution in [2.75, 3.05) is 26.8 Å². The maximum absolute atomic E-state index is 13.6. The summed E-state index contributed by atoms with van der Waals surface area (Å²) >= 11 is 0. The number of methoxy groups -OCH3 is 1. The van der Waals surface area contributed by atoms with Crippen molar-refractivity contribution >= 4 is 29.8 Å². The van der Waals surface area contributed by atoms with Gasteiger partial charge >= 0.3 is 23.9 Å². The van der Waals surface area contributed by atoms with Gasteiger partial charge in [-0.15, -0.1) is 0 Å². The van der Waals surface area contributed by atoms with Crippen LogP contribution in [0, 0.1) is 28.6 Å². The van der Waals surface area contributed by atoms with Crippen LogP contribution in [0.3, 0.4) is 0 Å². The highest BCUT2D eigenvalue weighted by Gasteiger charge is 2.84. The largest absolute Gasteiger partial charge is 0.469 e. The van der Waals surface area contributed by atoms with E-state index >= 15 is 0 Å². The lowest BCUT2D eigenvalue weighted by Crippen LogP contribution is -2.67. The summed E-state index contributed by atoms with van der Waals surface area (Å²) in [7, 11) is 1.27. The van der Waals surface area contributed by atoms with Crippen LogP contribution in [0.15, 0.2) is 36.0 Å². The SMILES string of the molecule is C=C1[C@@H]([C@@]2(C)C=CC(=O)OC(C)(C)[C@@H]2CC(=O)OC)[C@@H](OC(C)=O)[C@H](OC(C)=O)[C@@]2(C)[C@H](C3=CCN(CCO)C3=O)C[C@H]3O[C@]132. The third kappa shape index (κ3) is 4.83. The van der Waals surface area contributed by atoms with Crippen molar-refractivity contribution in [2.24, 2.45) is 28.6 Å².